The van der Waals surface area contributed by atoms with Crippen LogP contribution in [0.5, 0.6) is 0 Å². The van der Waals surface area contributed by atoms with E-state index < -0.39 is 0 Å². The summed E-state index contributed by atoms with van der Waals surface area (Å²) in [5, 5.41) is 0. The fourth-order valence-corrected chi connectivity index (χ4v) is 1.93. The highest BCUT2D eigenvalue weighted by Gasteiger charge is 2.17. The van der Waals surface area contributed by atoms with Gasteiger partial charge in [0.25, 0.3) is 0 Å². The third-order valence-corrected chi connectivity index (χ3v) is 2.57. The standard InChI is InChI=1S/C10H14N2.ClH/c11-12-10-7-3-5-8-4-1-2-6-9(8)10;/h1-2,4,6,10,12H,3,5,7,11H2;1H. The molecule has 0 aromatic heterocycles. The highest BCUT2D eigenvalue weighted by molar-refractivity contribution is 5.85. The van der Waals surface area contributed by atoms with Crippen molar-refractivity contribution in [1.82, 2.24) is 5.43 Å². The number of fused-ring (bicyclic) bond motifs is 1. The number of hydrazine groups is 1. The maximum Gasteiger partial charge on any atom is 0.0462 e. The van der Waals surface area contributed by atoms with Gasteiger partial charge in [0.05, 0.1) is 0 Å². The van der Waals surface area contributed by atoms with E-state index in [1.54, 1.807) is 0 Å². The van der Waals surface area contributed by atoms with Crippen molar-refractivity contribution >= 4 is 12.4 Å². The monoisotopic (exact) mass is 198 g/mol. The molecule has 0 heterocycles. The Morgan fingerprint density at radius 3 is 2.85 bits per heavy atom. The molecule has 1 unspecified atom stereocenters. The molecule has 0 saturated carbocycles. The van der Waals surface area contributed by atoms with Crippen molar-refractivity contribution in [1.29, 1.82) is 0 Å². The van der Waals surface area contributed by atoms with E-state index in [9.17, 15) is 0 Å². The number of halogens is 1. The van der Waals surface area contributed by atoms with Gasteiger partial charge in [-0.15, -0.1) is 12.4 Å². The lowest BCUT2D eigenvalue weighted by atomic mass is 9.88. The van der Waals surface area contributed by atoms with Crippen LogP contribution in [0.4, 0.5) is 0 Å². The third-order valence-electron chi connectivity index (χ3n) is 2.57. The molecular weight excluding hydrogens is 184 g/mol. The summed E-state index contributed by atoms with van der Waals surface area (Å²) >= 11 is 0. The molecule has 0 fully saturated rings. The van der Waals surface area contributed by atoms with E-state index in [-0.39, 0.29) is 12.4 Å². The molecular formula is C10H15ClN2. The number of hydrogen-bond donors (Lipinski definition) is 2. The summed E-state index contributed by atoms with van der Waals surface area (Å²) in [4.78, 5) is 0. The Bertz CT molecular complexity index is 275. The molecule has 72 valence electrons. The van der Waals surface area contributed by atoms with Crippen LogP contribution in [0.1, 0.15) is 30.0 Å². The van der Waals surface area contributed by atoms with Gasteiger partial charge in [0.15, 0.2) is 0 Å². The Labute approximate surface area is 84.9 Å². The molecule has 2 rings (SSSR count). The van der Waals surface area contributed by atoms with Crippen molar-refractivity contribution in [3.63, 3.8) is 0 Å². The van der Waals surface area contributed by atoms with Gasteiger partial charge in [-0.1, -0.05) is 24.3 Å². The first-order valence-corrected chi connectivity index (χ1v) is 4.46. The third kappa shape index (κ3) is 2.02. The second-order valence-corrected chi connectivity index (χ2v) is 3.31. The molecule has 0 spiro atoms. The van der Waals surface area contributed by atoms with Crippen molar-refractivity contribution in [2.24, 2.45) is 5.84 Å². The first kappa shape index (κ1) is 10.5. The van der Waals surface area contributed by atoms with Crippen LogP contribution in [0.3, 0.4) is 0 Å². The van der Waals surface area contributed by atoms with Crippen LogP contribution < -0.4 is 11.3 Å². The molecule has 0 aliphatic heterocycles. The number of hydrogen-bond acceptors (Lipinski definition) is 2. The van der Waals surface area contributed by atoms with Crippen LogP contribution in [-0.4, -0.2) is 0 Å². The second kappa shape index (κ2) is 4.61. The van der Waals surface area contributed by atoms with E-state index in [0.717, 1.165) is 6.42 Å². The van der Waals surface area contributed by atoms with Crippen molar-refractivity contribution in [3.8, 4) is 0 Å². The Hall–Kier alpha value is -0.570. The number of rotatable bonds is 1. The van der Waals surface area contributed by atoms with E-state index in [1.165, 1.54) is 24.0 Å². The zero-order valence-corrected chi connectivity index (χ0v) is 8.31. The van der Waals surface area contributed by atoms with Gasteiger partial charge in [-0.25, -0.2) is 0 Å². The molecule has 1 aliphatic rings. The molecule has 13 heavy (non-hydrogen) atoms. The van der Waals surface area contributed by atoms with E-state index in [4.69, 9.17) is 5.84 Å². The van der Waals surface area contributed by atoms with Crippen molar-refractivity contribution in [2.75, 3.05) is 0 Å². The zero-order chi connectivity index (χ0) is 8.39. The van der Waals surface area contributed by atoms with E-state index in [1.807, 2.05) is 0 Å². The molecule has 0 saturated heterocycles. The smallest absolute Gasteiger partial charge is 0.0462 e. The average molecular weight is 199 g/mol. The summed E-state index contributed by atoms with van der Waals surface area (Å²) in [7, 11) is 0. The van der Waals surface area contributed by atoms with Crippen LogP contribution in [-0.2, 0) is 6.42 Å². The van der Waals surface area contributed by atoms with Gasteiger partial charge in [-0.2, -0.15) is 0 Å². The Morgan fingerprint density at radius 2 is 2.08 bits per heavy atom. The van der Waals surface area contributed by atoms with Crippen LogP contribution in [0.25, 0.3) is 0 Å². The summed E-state index contributed by atoms with van der Waals surface area (Å²) in [5.74, 6) is 5.47. The van der Waals surface area contributed by atoms with Crippen LogP contribution in [0.2, 0.25) is 0 Å². The minimum absolute atomic E-state index is 0. The number of nitrogens with two attached hydrogens (primary N) is 1. The normalized spacial score (nSPS) is 20.2. The number of aryl methyl sites for hydroxylation is 1. The van der Waals surface area contributed by atoms with Crippen molar-refractivity contribution < 1.29 is 0 Å². The Kier molecular flexibility index (Phi) is 3.72. The lowest BCUT2D eigenvalue weighted by Crippen LogP contribution is -2.30. The first-order valence-electron chi connectivity index (χ1n) is 4.46. The fourth-order valence-electron chi connectivity index (χ4n) is 1.93. The van der Waals surface area contributed by atoms with E-state index in [0.29, 0.717) is 6.04 Å². The second-order valence-electron chi connectivity index (χ2n) is 3.31. The molecule has 3 N–H and O–H groups in total. The molecule has 1 atom stereocenters. The van der Waals surface area contributed by atoms with Gasteiger partial charge in [0, 0.05) is 6.04 Å². The van der Waals surface area contributed by atoms with Gasteiger partial charge in [-0.05, 0) is 30.4 Å². The quantitative estimate of drug-likeness (QED) is 0.535. The van der Waals surface area contributed by atoms with E-state index in [2.05, 4.69) is 29.7 Å². The highest BCUT2D eigenvalue weighted by atomic mass is 35.5. The number of benzene rings is 1. The lowest BCUT2D eigenvalue weighted by Gasteiger charge is -2.24. The molecule has 2 nitrogen and oxygen atoms in total. The summed E-state index contributed by atoms with van der Waals surface area (Å²) in [6, 6.07) is 8.90. The maximum atomic E-state index is 5.47. The number of nitrogens with one attached hydrogen (secondary N) is 1. The SMILES string of the molecule is Cl.NNC1CCCc2ccccc21. The summed E-state index contributed by atoms with van der Waals surface area (Å²) in [6.45, 7) is 0. The van der Waals surface area contributed by atoms with Crippen LogP contribution in [0.15, 0.2) is 24.3 Å². The minimum Gasteiger partial charge on any atom is -0.271 e. The summed E-state index contributed by atoms with van der Waals surface area (Å²) in [5.41, 5.74) is 5.69. The van der Waals surface area contributed by atoms with Gasteiger partial charge in [0.1, 0.15) is 0 Å². The molecule has 1 aromatic rings. The van der Waals surface area contributed by atoms with Crippen LogP contribution in [0, 0.1) is 0 Å². The summed E-state index contributed by atoms with van der Waals surface area (Å²) in [6.07, 6.45) is 3.60. The topological polar surface area (TPSA) is 38.0 Å². The fraction of sp³-hybridized carbons (Fsp3) is 0.400. The van der Waals surface area contributed by atoms with Crippen molar-refractivity contribution in [3.05, 3.63) is 35.4 Å². The van der Waals surface area contributed by atoms with Crippen LogP contribution >= 0.6 is 12.4 Å². The predicted octanol–water partition coefficient (Wildman–Crippen LogP) is 1.95. The largest absolute Gasteiger partial charge is 0.271 e. The molecule has 0 radical (unpaired) electrons. The van der Waals surface area contributed by atoms with Gasteiger partial charge in [-0.3, -0.25) is 11.3 Å². The van der Waals surface area contributed by atoms with Gasteiger partial charge in [0.2, 0.25) is 0 Å². The van der Waals surface area contributed by atoms with E-state index >= 15 is 0 Å². The lowest BCUT2D eigenvalue weighted by molar-refractivity contribution is 0.472. The average Bonchev–Trinajstić information content (AvgIpc) is 2.17. The van der Waals surface area contributed by atoms with Gasteiger partial charge < -0.3 is 0 Å². The minimum atomic E-state index is 0. The highest BCUT2D eigenvalue weighted by Crippen LogP contribution is 2.28. The Balaban J connectivity index is 0.000000845. The zero-order valence-electron chi connectivity index (χ0n) is 7.49. The predicted molar refractivity (Wildman–Crippen MR) is 56.7 cm³/mol. The molecule has 1 aromatic carbocycles. The molecule has 0 amide bonds. The Morgan fingerprint density at radius 1 is 1.31 bits per heavy atom. The van der Waals surface area contributed by atoms with Crippen molar-refractivity contribution in [2.45, 2.75) is 25.3 Å². The maximum absolute atomic E-state index is 5.47. The van der Waals surface area contributed by atoms with Gasteiger partial charge >= 0.3 is 0 Å². The molecule has 3 heteroatoms. The first-order chi connectivity index (χ1) is 5.92. The summed E-state index contributed by atoms with van der Waals surface area (Å²) < 4.78 is 0. The molecule has 1 aliphatic carbocycles. The molecule has 0 bridgehead atoms.